The number of aromatic nitrogens is 3. The van der Waals surface area contributed by atoms with Crippen molar-refractivity contribution in [3.8, 4) is 0 Å². The first-order chi connectivity index (χ1) is 13.2. The van der Waals surface area contributed by atoms with E-state index in [9.17, 15) is 24.3 Å². The van der Waals surface area contributed by atoms with Crippen LogP contribution in [0.3, 0.4) is 0 Å². The van der Waals surface area contributed by atoms with Crippen LogP contribution in [-0.4, -0.2) is 37.1 Å². The number of nitrogens with zero attached hydrogens (tertiary/aromatic N) is 2. The van der Waals surface area contributed by atoms with Gasteiger partial charge in [-0.25, -0.2) is 14.6 Å². The normalized spacial score (nSPS) is 15.4. The number of amides is 1. The van der Waals surface area contributed by atoms with E-state index < -0.39 is 28.7 Å². The molecule has 150 valence electrons. The number of aryl methyl sites for hydroxylation is 1. The largest absolute Gasteiger partial charge is 0.480 e. The van der Waals surface area contributed by atoms with Crippen LogP contribution < -0.4 is 16.6 Å². The van der Waals surface area contributed by atoms with Crippen molar-refractivity contribution in [2.75, 3.05) is 0 Å². The fraction of sp³-hybridized carbons (Fsp3) is 0.526. The van der Waals surface area contributed by atoms with Gasteiger partial charge in [0.15, 0.2) is 5.65 Å². The van der Waals surface area contributed by atoms with Gasteiger partial charge in [0.1, 0.15) is 5.54 Å². The lowest BCUT2D eigenvalue weighted by Crippen LogP contribution is -2.59. The Labute approximate surface area is 160 Å². The van der Waals surface area contributed by atoms with Crippen LogP contribution >= 0.6 is 0 Å². The lowest BCUT2D eigenvalue weighted by atomic mass is 9.76. The molecule has 28 heavy (non-hydrogen) atoms. The third kappa shape index (κ3) is 3.21. The number of pyridine rings is 1. The maximum Gasteiger partial charge on any atom is 0.329 e. The Hall–Kier alpha value is -2.97. The van der Waals surface area contributed by atoms with E-state index in [0.29, 0.717) is 37.9 Å². The van der Waals surface area contributed by atoms with E-state index in [0.717, 1.165) is 0 Å². The van der Waals surface area contributed by atoms with Crippen LogP contribution in [0.1, 0.15) is 68.4 Å². The van der Waals surface area contributed by atoms with E-state index in [1.165, 1.54) is 10.6 Å². The molecule has 0 radical (unpaired) electrons. The predicted molar refractivity (Wildman–Crippen MR) is 103 cm³/mol. The molecule has 1 aliphatic rings. The van der Waals surface area contributed by atoms with Crippen LogP contribution in [0.25, 0.3) is 11.0 Å². The fourth-order valence-corrected chi connectivity index (χ4v) is 3.41. The predicted octanol–water partition coefficient (Wildman–Crippen LogP) is 1.36. The van der Waals surface area contributed by atoms with Gasteiger partial charge < -0.3 is 10.4 Å². The molecule has 0 bridgehead atoms. The van der Waals surface area contributed by atoms with Crippen molar-refractivity contribution in [1.82, 2.24) is 19.9 Å². The Kier molecular flexibility index (Phi) is 5.10. The number of carboxylic acid groups (broad SMARTS) is 1. The average molecular weight is 388 g/mol. The minimum Gasteiger partial charge on any atom is -0.480 e. The topological polar surface area (TPSA) is 134 Å². The molecule has 1 fully saturated rings. The standard InChI is InChI=1S/C19H24N4O5/c1-4-8-23-14-13(16(25)21-18(23)28)11(9-12(20-14)10(2)3)15(24)22-19(17(26)27)6-5-7-19/h9-10H,4-8H2,1-3H3,(H,22,24)(H,26,27)(H,21,25,28). The van der Waals surface area contributed by atoms with Gasteiger partial charge in [-0.3, -0.25) is 19.1 Å². The van der Waals surface area contributed by atoms with E-state index in [1.807, 2.05) is 20.8 Å². The summed E-state index contributed by atoms with van der Waals surface area (Å²) in [4.78, 5) is 56.1. The number of fused-ring (bicyclic) bond motifs is 1. The van der Waals surface area contributed by atoms with E-state index >= 15 is 0 Å². The zero-order valence-electron chi connectivity index (χ0n) is 16.2. The van der Waals surface area contributed by atoms with Gasteiger partial charge in [0, 0.05) is 12.2 Å². The summed E-state index contributed by atoms with van der Waals surface area (Å²) in [5.41, 5.74) is -1.88. The Morgan fingerprint density at radius 1 is 1.36 bits per heavy atom. The third-order valence-corrected chi connectivity index (χ3v) is 5.22. The summed E-state index contributed by atoms with van der Waals surface area (Å²) in [7, 11) is 0. The molecular formula is C19H24N4O5. The molecule has 1 aliphatic carbocycles. The monoisotopic (exact) mass is 388 g/mol. The number of rotatable bonds is 6. The van der Waals surface area contributed by atoms with E-state index in [1.54, 1.807) is 0 Å². The summed E-state index contributed by atoms with van der Waals surface area (Å²) in [5.74, 6) is -1.80. The first kappa shape index (κ1) is 19.8. The molecule has 2 aromatic rings. The second kappa shape index (κ2) is 7.21. The molecular weight excluding hydrogens is 364 g/mol. The summed E-state index contributed by atoms with van der Waals surface area (Å²) < 4.78 is 1.34. The number of aromatic amines is 1. The van der Waals surface area contributed by atoms with Crippen molar-refractivity contribution >= 4 is 22.9 Å². The molecule has 9 heteroatoms. The zero-order chi connectivity index (χ0) is 20.6. The molecule has 3 rings (SSSR count). The maximum absolute atomic E-state index is 13.0. The fourth-order valence-electron chi connectivity index (χ4n) is 3.41. The van der Waals surface area contributed by atoms with Gasteiger partial charge in [-0.05, 0) is 37.7 Å². The van der Waals surface area contributed by atoms with Gasteiger partial charge in [0.25, 0.3) is 11.5 Å². The number of hydrogen-bond acceptors (Lipinski definition) is 5. The van der Waals surface area contributed by atoms with Crippen molar-refractivity contribution in [2.24, 2.45) is 0 Å². The smallest absolute Gasteiger partial charge is 0.329 e. The lowest BCUT2D eigenvalue weighted by Gasteiger charge is -2.38. The van der Waals surface area contributed by atoms with Crippen molar-refractivity contribution in [2.45, 2.75) is 64.5 Å². The summed E-state index contributed by atoms with van der Waals surface area (Å²) in [5, 5.41) is 12.1. The van der Waals surface area contributed by atoms with Crippen molar-refractivity contribution in [3.63, 3.8) is 0 Å². The number of hydrogen-bond donors (Lipinski definition) is 3. The number of H-pyrrole nitrogens is 1. The molecule has 2 heterocycles. The average Bonchev–Trinajstić information content (AvgIpc) is 2.59. The van der Waals surface area contributed by atoms with Crippen LogP contribution in [0.4, 0.5) is 0 Å². The first-order valence-electron chi connectivity index (χ1n) is 9.44. The minimum atomic E-state index is -1.31. The third-order valence-electron chi connectivity index (χ3n) is 5.22. The van der Waals surface area contributed by atoms with E-state index in [4.69, 9.17) is 0 Å². The van der Waals surface area contributed by atoms with Crippen molar-refractivity contribution in [1.29, 1.82) is 0 Å². The minimum absolute atomic E-state index is 0.00480. The number of carbonyl (C=O) groups is 2. The highest BCUT2D eigenvalue weighted by atomic mass is 16.4. The lowest BCUT2D eigenvalue weighted by molar-refractivity contribution is -0.148. The number of carbonyl (C=O) groups excluding carboxylic acids is 1. The number of nitrogens with one attached hydrogen (secondary N) is 2. The number of carboxylic acids is 1. The second-order valence-corrected chi connectivity index (χ2v) is 7.55. The van der Waals surface area contributed by atoms with Crippen LogP contribution in [0, 0.1) is 0 Å². The van der Waals surface area contributed by atoms with Crippen molar-refractivity contribution in [3.05, 3.63) is 38.2 Å². The Morgan fingerprint density at radius 2 is 2.04 bits per heavy atom. The molecule has 0 atom stereocenters. The van der Waals surface area contributed by atoms with Gasteiger partial charge in [0.05, 0.1) is 10.9 Å². The van der Waals surface area contributed by atoms with Crippen LogP contribution in [0.5, 0.6) is 0 Å². The Balaban J connectivity index is 2.25. The SMILES string of the molecule is CCCn1c(=O)[nH]c(=O)c2c(C(=O)NC3(C(=O)O)CCC3)cc(C(C)C)nc21. The zero-order valence-corrected chi connectivity index (χ0v) is 16.2. The van der Waals surface area contributed by atoms with Crippen LogP contribution in [-0.2, 0) is 11.3 Å². The Bertz CT molecular complexity index is 1060. The molecule has 3 N–H and O–H groups in total. The van der Waals surface area contributed by atoms with Crippen LogP contribution in [0.15, 0.2) is 15.7 Å². The van der Waals surface area contributed by atoms with Crippen LogP contribution in [0.2, 0.25) is 0 Å². The maximum atomic E-state index is 13.0. The molecule has 9 nitrogen and oxygen atoms in total. The summed E-state index contributed by atoms with van der Waals surface area (Å²) in [6.45, 7) is 5.99. The highest BCUT2D eigenvalue weighted by Gasteiger charge is 2.46. The quantitative estimate of drug-likeness (QED) is 0.684. The molecule has 2 aromatic heterocycles. The summed E-state index contributed by atoms with van der Waals surface area (Å²) in [6, 6.07) is 1.51. The van der Waals surface area contributed by atoms with Gasteiger partial charge >= 0.3 is 11.7 Å². The molecule has 0 spiro atoms. The van der Waals surface area contributed by atoms with Gasteiger partial charge in [0.2, 0.25) is 0 Å². The summed E-state index contributed by atoms with van der Waals surface area (Å²) >= 11 is 0. The van der Waals surface area contributed by atoms with Gasteiger partial charge in [-0.2, -0.15) is 0 Å². The molecule has 0 saturated heterocycles. The first-order valence-corrected chi connectivity index (χ1v) is 9.44. The van der Waals surface area contributed by atoms with Gasteiger partial charge in [-0.15, -0.1) is 0 Å². The number of aliphatic carboxylic acids is 1. The molecule has 1 saturated carbocycles. The molecule has 0 unspecified atom stereocenters. The van der Waals surface area contributed by atoms with Gasteiger partial charge in [-0.1, -0.05) is 20.8 Å². The highest BCUT2D eigenvalue weighted by molar-refractivity contribution is 6.07. The molecule has 0 aromatic carbocycles. The Morgan fingerprint density at radius 3 is 2.54 bits per heavy atom. The molecule has 1 amide bonds. The second-order valence-electron chi connectivity index (χ2n) is 7.55. The van der Waals surface area contributed by atoms with Crippen molar-refractivity contribution < 1.29 is 14.7 Å². The molecule has 0 aliphatic heterocycles. The summed E-state index contributed by atoms with van der Waals surface area (Å²) in [6.07, 6.45) is 2.02. The van der Waals surface area contributed by atoms with E-state index in [2.05, 4.69) is 15.3 Å². The van der Waals surface area contributed by atoms with E-state index in [-0.39, 0.29) is 22.5 Å². The highest BCUT2D eigenvalue weighted by Crippen LogP contribution is 2.32.